The van der Waals surface area contributed by atoms with Gasteiger partial charge in [0.25, 0.3) is 0 Å². The first-order valence-corrected chi connectivity index (χ1v) is 7.63. The Labute approximate surface area is 132 Å². The third kappa shape index (κ3) is 4.67. The molecule has 4 nitrogen and oxygen atoms in total. The summed E-state index contributed by atoms with van der Waals surface area (Å²) < 4.78 is 0. The fraction of sp³-hybridized carbons (Fsp3) is 0.333. The third-order valence-corrected chi connectivity index (χ3v) is 3.62. The van der Waals surface area contributed by atoms with E-state index in [1.165, 1.54) is 5.56 Å². The Morgan fingerprint density at radius 1 is 1.09 bits per heavy atom. The summed E-state index contributed by atoms with van der Waals surface area (Å²) in [4.78, 5) is 20.4. The molecular formula is C18H23N3O. The Balaban J connectivity index is 1.87. The molecule has 2 rings (SSSR count). The maximum atomic E-state index is 12.5. The first-order chi connectivity index (χ1) is 10.7. The minimum absolute atomic E-state index is 0.130. The van der Waals surface area contributed by atoms with E-state index >= 15 is 0 Å². The van der Waals surface area contributed by atoms with Crippen LogP contribution in [0.4, 0.5) is 5.69 Å². The molecule has 0 spiro atoms. The van der Waals surface area contributed by atoms with E-state index in [2.05, 4.69) is 9.88 Å². The maximum absolute atomic E-state index is 12.5. The normalized spacial score (nSPS) is 10.7. The molecule has 2 aromatic rings. The number of para-hydroxylation sites is 1. The number of carbonyl (C=O) groups is 1. The molecule has 0 aliphatic rings. The van der Waals surface area contributed by atoms with E-state index in [9.17, 15) is 4.79 Å². The lowest BCUT2D eigenvalue weighted by molar-refractivity contribution is -0.119. The average Bonchev–Trinajstić information content (AvgIpc) is 2.55. The second kappa shape index (κ2) is 8.29. The average molecular weight is 297 g/mol. The van der Waals surface area contributed by atoms with Crippen molar-refractivity contribution in [1.29, 1.82) is 0 Å². The molecule has 0 aliphatic heterocycles. The van der Waals surface area contributed by atoms with E-state index in [1.54, 1.807) is 12.4 Å². The number of benzene rings is 1. The predicted octanol–water partition coefficient (Wildman–Crippen LogP) is 2.61. The van der Waals surface area contributed by atoms with Gasteiger partial charge in [-0.2, -0.15) is 0 Å². The van der Waals surface area contributed by atoms with E-state index in [1.807, 2.05) is 61.3 Å². The highest BCUT2D eigenvalue weighted by Gasteiger charge is 2.15. The van der Waals surface area contributed by atoms with Crippen molar-refractivity contribution in [3.05, 3.63) is 60.4 Å². The van der Waals surface area contributed by atoms with Crippen LogP contribution in [0.15, 0.2) is 54.9 Å². The molecule has 22 heavy (non-hydrogen) atoms. The van der Waals surface area contributed by atoms with Gasteiger partial charge in [0, 0.05) is 31.2 Å². The van der Waals surface area contributed by atoms with E-state index in [-0.39, 0.29) is 5.91 Å². The van der Waals surface area contributed by atoms with Crippen LogP contribution in [0.3, 0.4) is 0 Å². The van der Waals surface area contributed by atoms with Crippen molar-refractivity contribution < 1.29 is 4.79 Å². The molecule has 0 aliphatic carbocycles. The number of carbonyl (C=O) groups excluding carboxylic acids is 1. The molecule has 4 heteroatoms. The molecule has 0 atom stereocenters. The number of rotatable bonds is 7. The van der Waals surface area contributed by atoms with Crippen molar-refractivity contribution in [2.75, 3.05) is 31.6 Å². The number of amides is 1. The Kier molecular flexibility index (Phi) is 6.10. The Hall–Kier alpha value is -2.20. The van der Waals surface area contributed by atoms with Crippen LogP contribution in [-0.4, -0.2) is 42.5 Å². The largest absolute Gasteiger partial charge is 0.312 e. The van der Waals surface area contributed by atoms with Crippen molar-refractivity contribution in [3.63, 3.8) is 0 Å². The van der Waals surface area contributed by atoms with Gasteiger partial charge in [-0.05, 0) is 50.2 Å². The Morgan fingerprint density at radius 2 is 1.77 bits per heavy atom. The Morgan fingerprint density at radius 3 is 2.41 bits per heavy atom. The van der Waals surface area contributed by atoms with Crippen LogP contribution in [-0.2, 0) is 11.2 Å². The molecule has 0 N–H and O–H groups in total. The summed E-state index contributed by atoms with van der Waals surface area (Å²) in [6.07, 6.45) is 4.52. The van der Waals surface area contributed by atoms with E-state index < -0.39 is 0 Å². The number of anilines is 1. The van der Waals surface area contributed by atoms with Crippen molar-refractivity contribution in [3.8, 4) is 0 Å². The number of hydrogen-bond acceptors (Lipinski definition) is 3. The van der Waals surface area contributed by atoms with Crippen molar-refractivity contribution in [1.82, 2.24) is 9.88 Å². The molecule has 0 fully saturated rings. The zero-order valence-corrected chi connectivity index (χ0v) is 13.3. The molecule has 0 saturated heterocycles. The summed E-state index contributed by atoms with van der Waals surface area (Å²) in [7, 11) is 1.98. The smallest absolute Gasteiger partial charge is 0.241 e. The van der Waals surface area contributed by atoms with Gasteiger partial charge >= 0.3 is 0 Å². The van der Waals surface area contributed by atoms with E-state index in [0.717, 1.165) is 18.7 Å². The van der Waals surface area contributed by atoms with Gasteiger partial charge in [-0.1, -0.05) is 18.2 Å². The number of nitrogens with zero attached hydrogens (tertiary/aromatic N) is 3. The van der Waals surface area contributed by atoms with Crippen LogP contribution in [0.2, 0.25) is 0 Å². The molecule has 0 saturated carbocycles. The van der Waals surface area contributed by atoms with Crippen LogP contribution in [0.5, 0.6) is 0 Å². The number of hydrogen-bond donors (Lipinski definition) is 0. The fourth-order valence-corrected chi connectivity index (χ4v) is 2.38. The van der Waals surface area contributed by atoms with E-state index in [0.29, 0.717) is 13.1 Å². The number of likely N-dealkylation sites (N-methyl/N-ethyl adjacent to an activating group) is 2. The number of aromatic nitrogens is 1. The minimum atomic E-state index is 0.130. The quantitative estimate of drug-likeness (QED) is 0.788. The highest BCUT2D eigenvalue weighted by Crippen LogP contribution is 2.13. The molecule has 116 valence electrons. The Bertz CT molecular complexity index is 571. The van der Waals surface area contributed by atoms with Gasteiger partial charge in [-0.25, -0.2) is 0 Å². The fourth-order valence-electron chi connectivity index (χ4n) is 2.38. The first-order valence-electron chi connectivity index (χ1n) is 7.63. The van der Waals surface area contributed by atoms with Crippen LogP contribution in [0.1, 0.15) is 12.5 Å². The van der Waals surface area contributed by atoms with Crippen molar-refractivity contribution >= 4 is 11.6 Å². The molecule has 0 bridgehead atoms. The summed E-state index contributed by atoms with van der Waals surface area (Å²) in [5.74, 6) is 0.130. The summed E-state index contributed by atoms with van der Waals surface area (Å²) in [6, 6.07) is 13.8. The summed E-state index contributed by atoms with van der Waals surface area (Å²) >= 11 is 0. The lowest BCUT2D eigenvalue weighted by Gasteiger charge is -2.24. The van der Waals surface area contributed by atoms with Gasteiger partial charge < -0.3 is 4.90 Å². The summed E-state index contributed by atoms with van der Waals surface area (Å²) in [5.41, 5.74) is 2.20. The summed E-state index contributed by atoms with van der Waals surface area (Å²) in [5, 5.41) is 0. The second-order valence-corrected chi connectivity index (χ2v) is 5.32. The van der Waals surface area contributed by atoms with Crippen LogP contribution in [0, 0.1) is 0 Å². The highest BCUT2D eigenvalue weighted by atomic mass is 16.2. The standard InChI is InChI=1S/C18H23N3O/c1-3-21(17-7-5-4-6-8-17)18(22)15-20(2)14-11-16-9-12-19-13-10-16/h4-10,12-13H,3,11,14-15H2,1-2H3. The number of pyridine rings is 1. The van der Waals surface area contributed by atoms with Crippen molar-refractivity contribution in [2.45, 2.75) is 13.3 Å². The lowest BCUT2D eigenvalue weighted by Crippen LogP contribution is -2.39. The predicted molar refractivity (Wildman–Crippen MR) is 89.9 cm³/mol. The summed E-state index contributed by atoms with van der Waals surface area (Å²) in [6.45, 7) is 3.96. The zero-order chi connectivity index (χ0) is 15.8. The topological polar surface area (TPSA) is 36.4 Å². The lowest BCUT2D eigenvalue weighted by atomic mass is 10.2. The van der Waals surface area contributed by atoms with Gasteiger partial charge in [0.15, 0.2) is 0 Å². The van der Waals surface area contributed by atoms with Gasteiger partial charge in [0.1, 0.15) is 0 Å². The molecule has 0 unspecified atom stereocenters. The van der Waals surface area contributed by atoms with Gasteiger partial charge in [0.05, 0.1) is 6.54 Å². The molecular weight excluding hydrogens is 274 g/mol. The monoisotopic (exact) mass is 297 g/mol. The molecule has 1 aromatic carbocycles. The highest BCUT2D eigenvalue weighted by molar-refractivity contribution is 5.94. The van der Waals surface area contributed by atoms with Gasteiger partial charge in [0.2, 0.25) is 5.91 Å². The van der Waals surface area contributed by atoms with Crippen LogP contribution < -0.4 is 4.90 Å². The SMILES string of the molecule is CCN(C(=O)CN(C)CCc1ccncc1)c1ccccc1. The zero-order valence-electron chi connectivity index (χ0n) is 13.3. The molecule has 1 heterocycles. The van der Waals surface area contributed by atoms with Crippen LogP contribution >= 0.6 is 0 Å². The van der Waals surface area contributed by atoms with Crippen molar-refractivity contribution in [2.24, 2.45) is 0 Å². The third-order valence-electron chi connectivity index (χ3n) is 3.62. The molecule has 1 aromatic heterocycles. The molecule has 1 amide bonds. The minimum Gasteiger partial charge on any atom is -0.312 e. The van der Waals surface area contributed by atoms with Gasteiger partial charge in [-0.3, -0.25) is 14.7 Å². The van der Waals surface area contributed by atoms with Gasteiger partial charge in [-0.15, -0.1) is 0 Å². The first kappa shape index (κ1) is 16.2. The molecule has 0 radical (unpaired) electrons. The maximum Gasteiger partial charge on any atom is 0.241 e. The van der Waals surface area contributed by atoms with Crippen LogP contribution in [0.25, 0.3) is 0 Å². The second-order valence-electron chi connectivity index (χ2n) is 5.32. The van der Waals surface area contributed by atoms with E-state index in [4.69, 9.17) is 0 Å².